The van der Waals surface area contributed by atoms with Gasteiger partial charge in [0.05, 0.1) is 23.4 Å². The molecule has 0 atom stereocenters. The number of rotatable bonds is 7. The minimum absolute atomic E-state index is 0.147. The topological polar surface area (TPSA) is 93.5 Å². The van der Waals surface area contributed by atoms with Crippen molar-refractivity contribution in [1.29, 1.82) is 5.26 Å². The van der Waals surface area contributed by atoms with Gasteiger partial charge in [0.1, 0.15) is 16.8 Å². The van der Waals surface area contributed by atoms with E-state index in [1.165, 1.54) is 11.8 Å². The summed E-state index contributed by atoms with van der Waals surface area (Å²) in [6.45, 7) is 3.07. The van der Waals surface area contributed by atoms with Gasteiger partial charge in [0.15, 0.2) is 11.5 Å². The van der Waals surface area contributed by atoms with Crippen LogP contribution in [0.4, 0.5) is 0 Å². The van der Waals surface area contributed by atoms with Crippen molar-refractivity contribution in [3.63, 3.8) is 0 Å². The SMILES string of the molecule is CCOc1ccc2cc(C#N)c(SCC(=O)NCc3ccc4c(c3)OCO4)nc2c1. The summed E-state index contributed by atoms with van der Waals surface area (Å²) in [6, 6.07) is 15.1. The van der Waals surface area contributed by atoms with Crippen molar-refractivity contribution in [2.45, 2.75) is 18.5 Å². The third-order valence-electron chi connectivity index (χ3n) is 4.45. The second-order valence-electron chi connectivity index (χ2n) is 6.49. The van der Waals surface area contributed by atoms with E-state index in [0.29, 0.717) is 35.2 Å². The number of aromatic nitrogens is 1. The van der Waals surface area contributed by atoms with Crippen molar-refractivity contribution in [1.82, 2.24) is 10.3 Å². The molecule has 1 N–H and O–H groups in total. The van der Waals surface area contributed by atoms with Crippen LogP contribution < -0.4 is 19.5 Å². The number of amides is 1. The monoisotopic (exact) mass is 421 g/mol. The number of benzene rings is 2. The number of nitrogens with zero attached hydrogens (tertiary/aromatic N) is 2. The van der Waals surface area contributed by atoms with Crippen LogP contribution in [0.5, 0.6) is 17.2 Å². The van der Waals surface area contributed by atoms with Crippen LogP contribution in [0.25, 0.3) is 10.9 Å². The summed E-state index contributed by atoms with van der Waals surface area (Å²) in [7, 11) is 0. The molecule has 0 radical (unpaired) electrons. The van der Waals surface area contributed by atoms with E-state index in [4.69, 9.17) is 14.2 Å². The average molecular weight is 421 g/mol. The molecule has 8 heteroatoms. The number of carbonyl (C=O) groups is 1. The van der Waals surface area contributed by atoms with Gasteiger partial charge in [-0.25, -0.2) is 4.98 Å². The highest BCUT2D eigenvalue weighted by atomic mass is 32.2. The maximum absolute atomic E-state index is 12.3. The lowest BCUT2D eigenvalue weighted by Gasteiger charge is -2.09. The van der Waals surface area contributed by atoms with E-state index in [2.05, 4.69) is 16.4 Å². The molecule has 152 valence electrons. The van der Waals surface area contributed by atoms with Gasteiger partial charge in [-0.05, 0) is 42.8 Å². The van der Waals surface area contributed by atoms with E-state index in [-0.39, 0.29) is 18.5 Å². The van der Waals surface area contributed by atoms with Crippen molar-refractivity contribution in [3.8, 4) is 23.3 Å². The molecular formula is C22H19N3O4S. The van der Waals surface area contributed by atoms with Gasteiger partial charge in [0, 0.05) is 18.0 Å². The number of nitriles is 1. The number of thioether (sulfide) groups is 1. The Morgan fingerprint density at radius 1 is 1.23 bits per heavy atom. The minimum Gasteiger partial charge on any atom is -0.494 e. The molecule has 0 saturated carbocycles. The van der Waals surface area contributed by atoms with Crippen LogP contribution in [0.2, 0.25) is 0 Å². The number of nitrogens with one attached hydrogen (secondary N) is 1. The molecule has 3 aromatic rings. The smallest absolute Gasteiger partial charge is 0.231 e. The van der Waals surface area contributed by atoms with Gasteiger partial charge < -0.3 is 19.5 Å². The Morgan fingerprint density at radius 3 is 2.93 bits per heavy atom. The summed E-state index contributed by atoms with van der Waals surface area (Å²) < 4.78 is 16.2. The van der Waals surface area contributed by atoms with Gasteiger partial charge in [-0.2, -0.15) is 5.26 Å². The number of pyridine rings is 1. The van der Waals surface area contributed by atoms with Gasteiger partial charge >= 0.3 is 0 Å². The first-order valence-corrected chi connectivity index (χ1v) is 10.4. The molecule has 2 heterocycles. The van der Waals surface area contributed by atoms with Gasteiger partial charge in [-0.3, -0.25) is 4.79 Å². The summed E-state index contributed by atoms with van der Waals surface area (Å²) in [5.41, 5.74) is 2.09. The van der Waals surface area contributed by atoms with Crippen LogP contribution in [0, 0.1) is 11.3 Å². The molecule has 30 heavy (non-hydrogen) atoms. The van der Waals surface area contributed by atoms with E-state index in [0.717, 1.165) is 22.2 Å². The highest BCUT2D eigenvalue weighted by Crippen LogP contribution is 2.32. The van der Waals surface area contributed by atoms with Crippen molar-refractivity contribution in [2.75, 3.05) is 19.2 Å². The molecule has 2 aromatic carbocycles. The maximum Gasteiger partial charge on any atom is 0.231 e. The van der Waals surface area contributed by atoms with Crippen LogP contribution >= 0.6 is 11.8 Å². The van der Waals surface area contributed by atoms with Crippen molar-refractivity contribution in [3.05, 3.63) is 53.6 Å². The number of fused-ring (bicyclic) bond motifs is 2. The first-order valence-electron chi connectivity index (χ1n) is 9.42. The molecule has 1 aliphatic heterocycles. The lowest BCUT2D eigenvalue weighted by atomic mass is 10.1. The highest BCUT2D eigenvalue weighted by Gasteiger charge is 2.14. The number of hydrogen-bond acceptors (Lipinski definition) is 7. The predicted octanol–water partition coefficient (Wildman–Crippen LogP) is 3.64. The van der Waals surface area contributed by atoms with Gasteiger partial charge in [-0.1, -0.05) is 17.8 Å². The predicted molar refractivity (Wildman–Crippen MR) is 113 cm³/mol. The standard InChI is InChI=1S/C22H19N3O4S/c1-2-27-17-5-4-15-8-16(10-23)22(25-18(15)9-17)30-12-21(26)24-11-14-3-6-19-20(7-14)29-13-28-19/h3-9H,2,11-13H2,1H3,(H,24,26). The maximum atomic E-state index is 12.3. The van der Waals surface area contributed by atoms with Crippen molar-refractivity contribution in [2.24, 2.45) is 0 Å². The van der Waals surface area contributed by atoms with E-state index < -0.39 is 0 Å². The average Bonchev–Trinajstić information content (AvgIpc) is 3.23. The zero-order chi connectivity index (χ0) is 20.9. The first-order chi connectivity index (χ1) is 14.7. The molecule has 1 amide bonds. The molecule has 7 nitrogen and oxygen atoms in total. The normalized spacial score (nSPS) is 11.9. The van der Waals surface area contributed by atoms with Crippen LogP contribution in [0.1, 0.15) is 18.1 Å². The van der Waals surface area contributed by atoms with Crippen molar-refractivity contribution < 1.29 is 19.0 Å². The highest BCUT2D eigenvalue weighted by molar-refractivity contribution is 8.00. The van der Waals surface area contributed by atoms with E-state index in [1.54, 1.807) is 6.07 Å². The van der Waals surface area contributed by atoms with Crippen LogP contribution in [0.15, 0.2) is 47.5 Å². The fraction of sp³-hybridized carbons (Fsp3) is 0.227. The summed E-state index contributed by atoms with van der Waals surface area (Å²) in [6.07, 6.45) is 0. The van der Waals surface area contributed by atoms with Crippen LogP contribution in [0.3, 0.4) is 0 Å². The van der Waals surface area contributed by atoms with Crippen LogP contribution in [-0.4, -0.2) is 30.0 Å². The molecule has 0 aliphatic carbocycles. The van der Waals surface area contributed by atoms with E-state index in [9.17, 15) is 10.1 Å². The van der Waals surface area contributed by atoms with Gasteiger partial charge in [0.25, 0.3) is 0 Å². The lowest BCUT2D eigenvalue weighted by Crippen LogP contribution is -2.24. The molecule has 0 fully saturated rings. The lowest BCUT2D eigenvalue weighted by molar-refractivity contribution is -0.118. The van der Waals surface area contributed by atoms with Crippen molar-refractivity contribution >= 4 is 28.6 Å². The van der Waals surface area contributed by atoms with E-state index in [1.807, 2.05) is 43.3 Å². The quantitative estimate of drug-likeness (QED) is 0.582. The summed E-state index contributed by atoms with van der Waals surface area (Å²) in [5.74, 6) is 2.12. The zero-order valence-electron chi connectivity index (χ0n) is 16.3. The first kappa shape index (κ1) is 19.9. The third kappa shape index (κ3) is 4.42. The Hall–Kier alpha value is -3.44. The fourth-order valence-electron chi connectivity index (χ4n) is 3.01. The third-order valence-corrected chi connectivity index (χ3v) is 5.44. The molecule has 0 saturated heterocycles. The Balaban J connectivity index is 1.40. The number of ether oxygens (including phenoxy) is 3. The van der Waals surface area contributed by atoms with Crippen LogP contribution in [-0.2, 0) is 11.3 Å². The second kappa shape index (κ2) is 8.93. The Labute approximate surface area is 178 Å². The molecule has 4 rings (SSSR count). The number of carbonyl (C=O) groups excluding carboxylic acids is 1. The molecule has 0 spiro atoms. The fourth-order valence-corrected chi connectivity index (χ4v) is 3.81. The minimum atomic E-state index is -0.147. The Morgan fingerprint density at radius 2 is 2.10 bits per heavy atom. The summed E-state index contributed by atoms with van der Waals surface area (Å²) >= 11 is 1.24. The molecule has 0 unspecified atom stereocenters. The number of hydrogen-bond donors (Lipinski definition) is 1. The molecule has 0 bridgehead atoms. The summed E-state index contributed by atoms with van der Waals surface area (Å²) in [4.78, 5) is 16.9. The largest absolute Gasteiger partial charge is 0.494 e. The Kier molecular flexibility index (Phi) is 5.91. The van der Waals surface area contributed by atoms with Gasteiger partial charge in [-0.15, -0.1) is 0 Å². The van der Waals surface area contributed by atoms with Gasteiger partial charge in [0.2, 0.25) is 12.7 Å². The molecule has 1 aliphatic rings. The second-order valence-corrected chi connectivity index (χ2v) is 7.46. The zero-order valence-corrected chi connectivity index (χ0v) is 17.1. The Bertz CT molecular complexity index is 1140. The molecule has 1 aromatic heterocycles. The van der Waals surface area contributed by atoms with E-state index >= 15 is 0 Å². The molecular weight excluding hydrogens is 402 g/mol. The summed E-state index contributed by atoms with van der Waals surface area (Å²) in [5, 5.41) is 13.7.